The van der Waals surface area contributed by atoms with Gasteiger partial charge in [0, 0.05) is 26.2 Å². The third-order valence-electron chi connectivity index (χ3n) is 7.64. The Morgan fingerprint density at radius 1 is 0.591 bits per heavy atom. The minimum Gasteiger partial charge on any atom is -0.507 e. The van der Waals surface area contributed by atoms with Crippen LogP contribution in [0.25, 0.3) is 11.1 Å². The first-order valence-corrected chi connectivity index (χ1v) is 17.4. The van der Waals surface area contributed by atoms with E-state index in [1.54, 1.807) is 6.07 Å². The molecule has 1 N–H and O–H groups in total. The van der Waals surface area contributed by atoms with Crippen LogP contribution < -0.4 is 20.7 Å². The fourth-order valence-electron chi connectivity index (χ4n) is 5.51. The maximum Gasteiger partial charge on any atom is 0.127 e. The Bertz CT molecular complexity index is 1640. The minimum absolute atomic E-state index is 0.198. The molecule has 222 valence electrons. The van der Waals surface area contributed by atoms with Crippen LogP contribution >= 0.6 is 42.1 Å². The average molecular weight is 659 g/mol. The molecule has 0 amide bonds. The number of ether oxygens (including phenoxy) is 1. The number of benzene rings is 5. The van der Waals surface area contributed by atoms with Crippen molar-refractivity contribution in [2.45, 2.75) is 12.8 Å². The molecule has 0 heterocycles. The summed E-state index contributed by atoms with van der Waals surface area (Å²) in [6, 6.07) is 36.0. The first kappa shape index (κ1) is 31.9. The molecule has 0 radical (unpaired) electrons. The molecule has 2 nitrogen and oxygen atoms in total. The first-order valence-electron chi connectivity index (χ1n) is 14.3. The Morgan fingerprint density at radius 2 is 1.02 bits per heavy atom. The van der Waals surface area contributed by atoms with Crippen molar-refractivity contribution in [2.24, 2.45) is 0 Å². The first-order chi connectivity index (χ1) is 21.3. The van der Waals surface area contributed by atoms with Crippen LogP contribution in [0.15, 0.2) is 135 Å². The molecular formula is C38H33Cl3O2P+. The van der Waals surface area contributed by atoms with Gasteiger partial charge in [-0.1, -0.05) is 59.1 Å². The molecule has 5 rings (SSSR count). The summed E-state index contributed by atoms with van der Waals surface area (Å²) in [4.78, 5) is 0. The van der Waals surface area contributed by atoms with Gasteiger partial charge in [-0.15, -0.1) is 13.2 Å². The van der Waals surface area contributed by atoms with Crippen molar-refractivity contribution >= 4 is 58.0 Å². The lowest BCUT2D eigenvalue weighted by molar-refractivity contribution is 0.344. The van der Waals surface area contributed by atoms with Gasteiger partial charge in [-0.25, -0.2) is 0 Å². The molecule has 5 aromatic carbocycles. The minimum atomic E-state index is -2.26. The van der Waals surface area contributed by atoms with Crippen LogP contribution in [0.5, 0.6) is 11.5 Å². The van der Waals surface area contributed by atoms with Crippen molar-refractivity contribution in [3.8, 4) is 22.6 Å². The largest absolute Gasteiger partial charge is 0.507 e. The zero-order valence-corrected chi connectivity index (χ0v) is 27.4. The van der Waals surface area contributed by atoms with E-state index in [2.05, 4.69) is 55.6 Å². The summed E-state index contributed by atoms with van der Waals surface area (Å²) in [6.07, 6.45) is 5.84. The van der Waals surface area contributed by atoms with Crippen molar-refractivity contribution in [3.05, 3.63) is 161 Å². The molecule has 5 aromatic rings. The van der Waals surface area contributed by atoms with Crippen LogP contribution in [-0.2, 0) is 12.8 Å². The predicted octanol–water partition coefficient (Wildman–Crippen LogP) is 9.85. The highest BCUT2D eigenvalue weighted by Gasteiger charge is 2.45. The number of halogens is 3. The maximum absolute atomic E-state index is 10.9. The van der Waals surface area contributed by atoms with Crippen LogP contribution in [0.4, 0.5) is 0 Å². The van der Waals surface area contributed by atoms with Crippen molar-refractivity contribution in [3.63, 3.8) is 0 Å². The Hall–Kier alpha value is -3.52. The van der Waals surface area contributed by atoms with E-state index < -0.39 is 7.26 Å². The number of aromatic hydroxyl groups is 1. The van der Waals surface area contributed by atoms with Gasteiger partial charge >= 0.3 is 0 Å². The molecular weight excluding hydrogens is 626 g/mol. The number of phenolic OH excluding ortho intramolecular Hbond substituents is 1. The molecule has 0 aliphatic heterocycles. The zero-order chi connectivity index (χ0) is 31.1. The molecule has 44 heavy (non-hydrogen) atoms. The summed E-state index contributed by atoms with van der Waals surface area (Å²) >= 11 is 19.1. The van der Waals surface area contributed by atoms with E-state index in [0.717, 1.165) is 22.3 Å². The van der Waals surface area contributed by atoms with Gasteiger partial charge in [-0.3, -0.25) is 0 Å². The lowest BCUT2D eigenvalue weighted by Gasteiger charge is -2.28. The Kier molecular flexibility index (Phi) is 10.5. The van der Waals surface area contributed by atoms with Gasteiger partial charge in [0.25, 0.3) is 0 Å². The number of allylic oxidation sites excluding steroid dienone is 2. The summed E-state index contributed by atoms with van der Waals surface area (Å²) in [6.45, 7) is 8.19. The molecule has 0 saturated heterocycles. The lowest BCUT2D eigenvalue weighted by atomic mass is 9.97. The molecule has 0 aliphatic carbocycles. The third kappa shape index (κ3) is 7.06. The Morgan fingerprint density at radius 3 is 1.48 bits per heavy atom. The summed E-state index contributed by atoms with van der Waals surface area (Å²) in [7, 11) is -2.26. The standard InChI is InChI=1S/C38H32Cl3O2P/c1-3-5-27-7-21-37(42)35(25-27)36-26-28(6-4-2)8-22-38(36)43-23-24-44(32-15-9-29(39)10-16-32,33-17-11-30(40)12-18-33)34-19-13-31(41)14-20-34/h3-4,7-22,25-26H,1-2,5-6,23-24H2/p+1. The predicted molar refractivity (Wildman–Crippen MR) is 192 cm³/mol. The third-order valence-corrected chi connectivity index (χ3v) is 12.8. The van der Waals surface area contributed by atoms with Gasteiger partial charge in [0.1, 0.15) is 47.4 Å². The molecule has 0 unspecified atom stereocenters. The maximum atomic E-state index is 10.9. The second-order valence-electron chi connectivity index (χ2n) is 10.5. The molecule has 0 fully saturated rings. The topological polar surface area (TPSA) is 29.5 Å². The number of rotatable bonds is 12. The monoisotopic (exact) mass is 657 g/mol. The van der Waals surface area contributed by atoms with Gasteiger partial charge in [-0.05, 0) is 121 Å². The molecule has 0 aromatic heterocycles. The number of phenols is 1. The molecule has 0 spiro atoms. The quantitative estimate of drug-likeness (QED) is 0.107. The van der Waals surface area contributed by atoms with Crippen molar-refractivity contribution < 1.29 is 9.84 Å². The van der Waals surface area contributed by atoms with Gasteiger partial charge in [0.2, 0.25) is 0 Å². The molecule has 6 heteroatoms. The summed E-state index contributed by atoms with van der Waals surface area (Å²) in [5.74, 6) is 0.897. The number of hydrogen-bond donors (Lipinski definition) is 1. The Balaban J connectivity index is 1.59. The van der Waals surface area contributed by atoms with Crippen molar-refractivity contribution in [1.29, 1.82) is 0 Å². The zero-order valence-electron chi connectivity index (χ0n) is 24.2. The van der Waals surface area contributed by atoms with Gasteiger partial charge in [-0.2, -0.15) is 0 Å². The summed E-state index contributed by atoms with van der Waals surface area (Å²) < 4.78 is 6.66. The van der Waals surface area contributed by atoms with E-state index in [9.17, 15) is 5.11 Å². The molecule has 0 aliphatic rings. The highest BCUT2D eigenvalue weighted by Crippen LogP contribution is 2.55. The fourth-order valence-corrected chi connectivity index (χ4v) is 9.90. The Labute approximate surface area is 275 Å². The second-order valence-corrected chi connectivity index (χ2v) is 15.4. The van der Waals surface area contributed by atoms with Gasteiger partial charge in [0.05, 0.1) is 0 Å². The van der Waals surface area contributed by atoms with Gasteiger partial charge < -0.3 is 9.84 Å². The van der Waals surface area contributed by atoms with E-state index >= 15 is 0 Å². The normalized spacial score (nSPS) is 11.2. The van der Waals surface area contributed by atoms with Gasteiger partial charge in [0.15, 0.2) is 0 Å². The summed E-state index contributed by atoms with van der Waals surface area (Å²) in [5.41, 5.74) is 3.70. The average Bonchev–Trinajstić information content (AvgIpc) is 3.03. The van der Waals surface area contributed by atoms with Crippen molar-refractivity contribution in [2.75, 3.05) is 12.8 Å². The van der Waals surface area contributed by atoms with Crippen LogP contribution in [0.1, 0.15) is 11.1 Å². The van der Waals surface area contributed by atoms with Crippen molar-refractivity contribution in [1.82, 2.24) is 0 Å². The smallest absolute Gasteiger partial charge is 0.127 e. The van der Waals surface area contributed by atoms with E-state index in [0.29, 0.717) is 46.4 Å². The van der Waals surface area contributed by atoms with Crippen LogP contribution in [-0.4, -0.2) is 17.9 Å². The number of hydrogen-bond acceptors (Lipinski definition) is 2. The van der Waals surface area contributed by atoms with Crippen LogP contribution in [0.2, 0.25) is 15.1 Å². The van der Waals surface area contributed by atoms with Crippen LogP contribution in [0, 0.1) is 0 Å². The molecule has 0 saturated carbocycles. The molecule has 0 atom stereocenters. The van der Waals surface area contributed by atoms with E-state index in [1.165, 1.54) is 15.9 Å². The van der Waals surface area contributed by atoms with E-state index in [1.807, 2.05) is 72.8 Å². The highest BCUT2D eigenvalue weighted by atomic mass is 35.5. The van der Waals surface area contributed by atoms with E-state index in [4.69, 9.17) is 39.5 Å². The highest BCUT2D eigenvalue weighted by molar-refractivity contribution is 7.95. The lowest BCUT2D eigenvalue weighted by Crippen LogP contribution is -2.35. The fraction of sp³-hybridized carbons (Fsp3) is 0.105. The SMILES string of the molecule is C=CCc1ccc(O)c(-c2cc(CC=C)ccc2OCC[P+](c2ccc(Cl)cc2)(c2ccc(Cl)cc2)c2ccc(Cl)cc2)c1. The van der Waals surface area contributed by atoms with E-state index in [-0.39, 0.29) is 5.75 Å². The summed E-state index contributed by atoms with van der Waals surface area (Å²) in [5, 5.41) is 16.5. The second kappa shape index (κ2) is 14.5. The molecule has 0 bridgehead atoms. The van der Waals surface area contributed by atoms with Crippen LogP contribution in [0.3, 0.4) is 0 Å².